The van der Waals surface area contributed by atoms with Crippen molar-refractivity contribution in [2.75, 3.05) is 6.61 Å². The van der Waals surface area contributed by atoms with Crippen LogP contribution in [0.25, 0.3) is 22.7 Å². The van der Waals surface area contributed by atoms with Crippen LogP contribution >= 0.6 is 0 Å². The fourth-order valence-corrected chi connectivity index (χ4v) is 2.25. The Morgan fingerprint density at radius 3 is 2.91 bits per heavy atom. The Hall–Kier alpha value is -3.32. The molecule has 0 saturated carbocycles. The predicted octanol–water partition coefficient (Wildman–Crippen LogP) is 4.19. The first-order valence-electron chi connectivity index (χ1n) is 7.21. The lowest BCUT2D eigenvalue weighted by Gasteiger charge is -2.03. The molecule has 3 aromatic rings. The van der Waals surface area contributed by atoms with Crippen molar-refractivity contribution < 1.29 is 4.74 Å². The van der Waals surface area contributed by atoms with Crippen LogP contribution in [0.15, 0.2) is 61.2 Å². The van der Waals surface area contributed by atoms with E-state index in [9.17, 15) is 5.26 Å². The lowest BCUT2D eigenvalue weighted by molar-refractivity contribution is 0.363. The van der Waals surface area contributed by atoms with Gasteiger partial charge in [-0.1, -0.05) is 36.9 Å². The number of nitriles is 1. The molecule has 4 nitrogen and oxygen atoms in total. The van der Waals surface area contributed by atoms with Crippen LogP contribution in [0.2, 0.25) is 0 Å². The summed E-state index contributed by atoms with van der Waals surface area (Å²) >= 11 is 0. The topological polar surface area (TPSA) is 61.7 Å². The highest BCUT2D eigenvalue weighted by Gasteiger charge is 2.07. The van der Waals surface area contributed by atoms with Gasteiger partial charge >= 0.3 is 0 Å². The second-order valence-corrected chi connectivity index (χ2v) is 4.94. The van der Waals surface area contributed by atoms with E-state index in [1.54, 1.807) is 12.2 Å². The molecule has 0 spiro atoms. The molecule has 0 atom stereocenters. The van der Waals surface area contributed by atoms with Gasteiger partial charge in [0.25, 0.3) is 0 Å². The van der Waals surface area contributed by atoms with Crippen molar-refractivity contribution in [1.82, 2.24) is 9.97 Å². The molecule has 4 heteroatoms. The molecule has 2 aromatic carbocycles. The Morgan fingerprint density at radius 2 is 2.13 bits per heavy atom. The number of allylic oxidation sites excluding steroid dienone is 1. The van der Waals surface area contributed by atoms with Crippen molar-refractivity contribution in [3.05, 3.63) is 72.6 Å². The number of H-pyrrole nitrogens is 1. The SMILES string of the molecule is C=CCOc1cccc(/C=C(\C#N)c2nc3ccccc3[nH]2)c1. The highest BCUT2D eigenvalue weighted by Crippen LogP contribution is 2.21. The highest BCUT2D eigenvalue weighted by molar-refractivity contribution is 5.90. The molecule has 23 heavy (non-hydrogen) atoms. The minimum Gasteiger partial charge on any atom is -0.490 e. The van der Waals surface area contributed by atoms with Gasteiger partial charge in [0, 0.05) is 0 Å². The third-order valence-corrected chi connectivity index (χ3v) is 3.30. The third kappa shape index (κ3) is 3.30. The van der Waals surface area contributed by atoms with Gasteiger partial charge in [-0.15, -0.1) is 0 Å². The molecule has 112 valence electrons. The van der Waals surface area contributed by atoms with Crippen LogP contribution in [0.5, 0.6) is 5.75 Å². The molecule has 0 amide bonds. The summed E-state index contributed by atoms with van der Waals surface area (Å²) in [4.78, 5) is 7.63. The molecular formula is C19H15N3O. The van der Waals surface area contributed by atoms with Gasteiger partial charge in [0.05, 0.1) is 16.6 Å². The van der Waals surface area contributed by atoms with Crippen molar-refractivity contribution in [3.63, 3.8) is 0 Å². The summed E-state index contributed by atoms with van der Waals surface area (Å²) in [6, 6.07) is 17.4. The monoisotopic (exact) mass is 301 g/mol. The van der Waals surface area contributed by atoms with Crippen LogP contribution in [0.4, 0.5) is 0 Å². The molecular weight excluding hydrogens is 286 g/mol. The summed E-state index contributed by atoms with van der Waals surface area (Å²) < 4.78 is 5.51. The summed E-state index contributed by atoms with van der Waals surface area (Å²) in [5.41, 5.74) is 3.10. The van der Waals surface area contributed by atoms with Crippen LogP contribution in [-0.4, -0.2) is 16.6 Å². The zero-order chi connectivity index (χ0) is 16.1. The first kappa shape index (κ1) is 14.6. The van der Waals surface area contributed by atoms with Gasteiger partial charge in [-0.25, -0.2) is 4.98 Å². The van der Waals surface area contributed by atoms with Gasteiger partial charge < -0.3 is 9.72 Å². The second kappa shape index (κ2) is 6.63. The zero-order valence-corrected chi connectivity index (χ0v) is 12.5. The Morgan fingerprint density at radius 1 is 1.26 bits per heavy atom. The van der Waals surface area contributed by atoms with Gasteiger partial charge in [-0.05, 0) is 35.9 Å². The van der Waals surface area contributed by atoms with E-state index in [0.717, 1.165) is 22.3 Å². The van der Waals surface area contributed by atoms with E-state index in [2.05, 4.69) is 22.6 Å². The molecule has 0 saturated heterocycles. The molecule has 0 aliphatic heterocycles. The zero-order valence-electron chi connectivity index (χ0n) is 12.5. The number of aromatic nitrogens is 2. The number of rotatable bonds is 5. The summed E-state index contributed by atoms with van der Waals surface area (Å²) in [5, 5.41) is 9.45. The number of ether oxygens (including phenoxy) is 1. The van der Waals surface area contributed by atoms with Crippen LogP contribution in [-0.2, 0) is 0 Å². The van der Waals surface area contributed by atoms with Gasteiger partial charge in [0.1, 0.15) is 24.3 Å². The van der Waals surface area contributed by atoms with E-state index in [1.807, 2.05) is 48.5 Å². The maximum Gasteiger partial charge on any atom is 0.149 e. The normalized spacial score (nSPS) is 11.2. The number of aromatic amines is 1. The number of hydrogen-bond donors (Lipinski definition) is 1. The highest BCUT2D eigenvalue weighted by atomic mass is 16.5. The standard InChI is InChI=1S/C19H15N3O/c1-2-10-23-16-7-5-6-14(12-16)11-15(13-20)19-21-17-8-3-4-9-18(17)22-19/h2-9,11-12H,1,10H2,(H,21,22)/b15-11+. The number of nitrogens with zero attached hydrogens (tertiary/aromatic N) is 2. The molecule has 0 bridgehead atoms. The maximum absolute atomic E-state index is 9.45. The first-order chi connectivity index (χ1) is 11.3. The lowest BCUT2D eigenvalue weighted by Crippen LogP contribution is -1.92. The van der Waals surface area contributed by atoms with Crippen LogP contribution in [0.1, 0.15) is 11.4 Å². The molecule has 1 N–H and O–H groups in total. The van der Waals surface area contributed by atoms with Crippen LogP contribution < -0.4 is 4.74 Å². The van der Waals surface area contributed by atoms with Crippen molar-refractivity contribution in [1.29, 1.82) is 5.26 Å². The van der Waals surface area contributed by atoms with E-state index in [4.69, 9.17) is 4.74 Å². The minimum atomic E-state index is 0.446. The molecule has 0 aliphatic rings. The number of hydrogen-bond acceptors (Lipinski definition) is 3. The van der Waals surface area contributed by atoms with Crippen LogP contribution in [0.3, 0.4) is 0 Å². The molecule has 1 heterocycles. The van der Waals surface area contributed by atoms with Gasteiger partial charge in [-0.3, -0.25) is 0 Å². The quantitative estimate of drug-likeness (QED) is 0.567. The van der Waals surface area contributed by atoms with E-state index >= 15 is 0 Å². The smallest absolute Gasteiger partial charge is 0.149 e. The Bertz CT molecular complexity index is 883. The largest absolute Gasteiger partial charge is 0.490 e. The van der Waals surface area contributed by atoms with Gasteiger partial charge in [0.2, 0.25) is 0 Å². The molecule has 0 radical (unpaired) electrons. The van der Waals surface area contributed by atoms with Crippen molar-refractivity contribution in [2.45, 2.75) is 0 Å². The van der Waals surface area contributed by atoms with E-state index in [1.165, 1.54) is 0 Å². The number of para-hydroxylation sites is 2. The molecule has 0 unspecified atom stereocenters. The average Bonchev–Trinajstić information content (AvgIpc) is 3.02. The minimum absolute atomic E-state index is 0.446. The fourth-order valence-electron chi connectivity index (χ4n) is 2.25. The van der Waals surface area contributed by atoms with Gasteiger partial charge in [0.15, 0.2) is 0 Å². The van der Waals surface area contributed by atoms with Crippen molar-refractivity contribution >= 4 is 22.7 Å². The Balaban J connectivity index is 1.95. The number of nitrogens with one attached hydrogen (secondary N) is 1. The summed E-state index contributed by atoms with van der Waals surface area (Å²) in [6.07, 6.45) is 3.48. The number of fused-ring (bicyclic) bond motifs is 1. The van der Waals surface area contributed by atoms with E-state index < -0.39 is 0 Å². The predicted molar refractivity (Wildman–Crippen MR) is 91.7 cm³/mol. The van der Waals surface area contributed by atoms with E-state index in [-0.39, 0.29) is 0 Å². The molecule has 3 rings (SSSR count). The average molecular weight is 301 g/mol. The Kier molecular flexibility index (Phi) is 4.21. The van der Waals surface area contributed by atoms with E-state index in [0.29, 0.717) is 18.0 Å². The fraction of sp³-hybridized carbons (Fsp3) is 0.0526. The molecule has 1 aromatic heterocycles. The molecule has 0 aliphatic carbocycles. The van der Waals surface area contributed by atoms with Gasteiger partial charge in [-0.2, -0.15) is 5.26 Å². The number of imidazole rings is 1. The second-order valence-electron chi connectivity index (χ2n) is 4.94. The summed E-state index contributed by atoms with van der Waals surface area (Å²) in [5.74, 6) is 1.30. The van der Waals surface area contributed by atoms with Crippen molar-refractivity contribution in [2.24, 2.45) is 0 Å². The maximum atomic E-state index is 9.45. The first-order valence-corrected chi connectivity index (χ1v) is 7.21. The molecule has 0 fully saturated rings. The third-order valence-electron chi connectivity index (χ3n) is 3.30. The Labute approximate surface area is 134 Å². The van der Waals surface area contributed by atoms with Crippen LogP contribution in [0, 0.1) is 11.3 Å². The summed E-state index contributed by atoms with van der Waals surface area (Å²) in [7, 11) is 0. The lowest BCUT2D eigenvalue weighted by atomic mass is 10.1. The number of benzene rings is 2. The summed E-state index contributed by atoms with van der Waals surface area (Å²) in [6.45, 7) is 4.07. The van der Waals surface area contributed by atoms with Crippen molar-refractivity contribution in [3.8, 4) is 11.8 Å².